The van der Waals surface area contributed by atoms with Crippen molar-refractivity contribution in [2.24, 2.45) is 0 Å². The van der Waals surface area contributed by atoms with Crippen LogP contribution >= 0.6 is 34.5 Å². The highest BCUT2D eigenvalue weighted by Gasteiger charge is 2.31. The number of halogens is 2. The molecule has 0 aliphatic carbocycles. The topological polar surface area (TPSA) is 49.9 Å². The van der Waals surface area contributed by atoms with Crippen LogP contribution < -0.4 is 4.74 Å². The number of hydrogen-bond donors (Lipinski definition) is 0. The Morgan fingerprint density at radius 2 is 1.88 bits per heavy atom. The average molecular weight is 421 g/mol. The fourth-order valence-electron chi connectivity index (χ4n) is 2.80. The van der Waals surface area contributed by atoms with E-state index in [1.165, 1.54) is 10.4 Å². The minimum absolute atomic E-state index is 0.102. The molecule has 25 heavy (non-hydrogen) atoms. The van der Waals surface area contributed by atoms with Crippen molar-refractivity contribution in [2.75, 3.05) is 33.3 Å². The molecule has 9 heteroatoms. The monoisotopic (exact) mass is 420 g/mol. The van der Waals surface area contributed by atoms with Gasteiger partial charge in [0.1, 0.15) is 15.0 Å². The molecular formula is C16H18Cl2N2O3S2. The third-order valence-corrected chi connectivity index (χ3v) is 7.77. The largest absolute Gasteiger partial charge is 0.497 e. The molecule has 1 fully saturated rings. The molecule has 0 bridgehead atoms. The van der Waals surface area contributed by atoms with Gasteiger partial charge in [-0.05, 0) is 23.8 Å². The average Bonchev–Trinajstić information content (AvgIpc) is 2.95. The summed E-state index contributed by atoms with van der Waals surface area (Å²) in [5.74, 6) is 0.822. The van der Waals surface area contributed by atoms with Crippen molar-refractivity contribution < 1.29 is 13.2 Å². The lowest BCUT2D eigenvalue weighted by Crippen LogP contribution is -2.48. The number of thiophene rings is 1. The maximum Gasteiger partial charge on any atom is 0.245 e. The quantitative estimate of drug-likeness (QED) is 0.741. The van der Waals surface area contributed by atoms with E-state index < -0.39 is 10.0 Å². The highest BCUT2D eigenvalue weighted by Crippen LogP contribution is 2.36. The molecule has 1 aliphatic heterocycles. The molecule has 1 aliphatic rings. The van der Waals surface area contributed by atoms with E-state index >= 15 is 0 Å². The maximum absolute atomic E-state index is 12.7. The lowest BCUT2D eigenvalue weighted by Gasteiger charge is -2.33. The molecule has 1 saturated heterocycles. The molecule has 0 amide bonds. The van der Waals surface area contributed by atoms with Crippen LogP contribution in [0.2, 0.25) is 8.67 Å². The van der Waals surface area contributed by atoms with Crippen LogP contribution in [0.15, 0.2) is 35.2 Å². The van der Waals surface area contributed by atoms with E-state index in [-0.39, 0.29) is 9.23 Å². The van der Waals surface area contributed by atoms with E-state index in [9.17, 15) is 8.42 Å². The molecule has 0 unspecified atom stereocenters. The highest BCUT2D eigenvalue weighted by molar-refractivity contribution is 7.89. The van der Waals surface area contributed by atoms with Gasteiger partial charge in [0.05, 0.1) is 11.4 Å². The summed E-state index contributed by atoms with van der Waals surface area (Å²) in [5.41, 5.74) is 1.14. The molecule has 2 heterocycles. The lowest BCUT2D eigenvalue weighted by atomic mass is 10.2. The zero-order valence-corrected chi connectivity index (χ0v) is 16.8. The Balaban J connectivity index is 1.64. The Morgan fingerprint density at radius 3 is 2.48 bits per heavy atom. The molecule has 1 aromatic heterocycles. The lowest BCUT2D eigenvalue weighted by molar-refractivity contribution is 0.181. The number of nitrogens with zero attached hydrogens (tertiary/aromatic N) is 2. The van der Waals surface area contributed by atoms with Gasteiger partial charge in [0.2, 0.25) is 10.0 Å². The van der Waals surface area contributed by atoms with Gasteiger partial charge in [-0.3, -0.25) is 4.90 Å². The number of piperazine rings is 1. The van der Waals surface area contributed by atoms with Crippen LogP contribution in [-0.2, 0) is 16.6 Å². The summed E-state index contributed by atoms with van der Waals surface area (Å²) >= 11 is 13.0. The molecule has 136 valence electrons. The van der Waals surface area contributed by atoms with Crippen molar-refractivity contribution in [3.8, 4) is 5.75 Å². The van der Waals surface area contributed by atoms with Crippen molar-refractivity contribution in [1.82, 2.24) is 9.21 Å². The second-order valence-electron chi connectivity index (χ2n) is 5.72. The second-order valence-corrected chi connectivity index (χ2v) is 9.91. The number of ether oxygens (including phenoxy) is 1. The van der Waals surface area contributed by atoms with Gasteiger partial charge in [-0.25, -0.2) is 8.42 Å². The van der Waals surface area contributed by atoms with Gasteiger partial charge in [-0.2, -0.15) is 4.31 Å². The van der Waals surface area contributed by atoms with Gasteiger partial charge >= 0.3 is 0 Å². The number of rotatable bonds is 5. The van der Waals surface area contributed by atoms with E-state index in [2.05, 4.69) is 4.90 Å². The molecule has 1 aromatic carbocycles. The summed E-state index contributed by atoms with van der Waals surface area (Å²) in [5, 5.41) is 0. The smallest absolute Gasteiger partial charge is 0.245 e. The molecule has 2 aromatic rings. The van der Waals surface area contributed by atoms with Crippen molar-refractivity contribution in [3.05, 3.63) is 44.6 Å². The first-order valence-corrected chi connectivity index (χ1v) is 10.7. The third-order valence-electron chi connectivity index (χ3n) is 4.11. The zero-order chi connectivity index (χ0) is 18.0. The van der Waals surface area contributed by atoms with Crippen LogP contribution in [0, 0.1) is 0 Å². The summed E-state index contributed by atoms with van der Waals surface area (Å²) in [7, 11) is -1.95. The molecule has 0 N–H and O–H groups in total. The van der Waals surface area contributed by atoms with Gasteiger partial charge in [0, 0.05) is 32.7 Å². The first-order valence-electron chi connectivity index (χ1n) is 7.70. The predicted octanol–water partition coefficient (Wildman–Crippen LogP) is 3.57. The van der Waals surface area contributed by atoms with E-state index in [4.69, 9.17) is 27.9 Å². The Kier molecular flexibility index (Phi) is 5.92. The molecular weight excluding hydrogens is 403 g/mol. The predicted molar refractivity (Wildman–Crippen MR) is 101 cm³/mol. The molecule has 0 atom stereocenters. The summed E-state index contributed by atoms with van der Waals surface area (Å²) in [6, 6.07) is 9.32. The van der Waals surface area contributed by atoms with Gasteiger partial charge in [-0.15, -0.1) is 11.3 Å². The molecule has 0 radical (unpaired) electrons. The van der Waals surface area contributed by atoms with E-state index in [1.54, 1.807) is 7.11 Å². The summed E-state index contributed by atoms with van der Waals surface area (Å²) in [6.45, 7) is 2.93. The molecule has 5 nitrogen and oxygen atoms in total. The number of sulfonamides is 1. The minimum Gasteiger partial charge on any atom is -0.497 e. The first-order chi connectivity index (χ1) is 11.9. The first kappa shape index (κ1) is 18.9. The highest BCUT2D eigenvalue weighted by atomic mass is 35.5. The van der Waals surface area contributed by atoms with Crippen LogP contribution in [-0.4, -0.2) is 50.9 Å². The molecule has 3 rings (SSSR count). The minimum atomic E-state index is -3.60. The number of hydrogen-bond acceptors (Lipinski definition) is 5. The zero-order valence-electron chi connectivity index (χ0n) is 13.6. The van der Waals surface area contributed by atoms with Gasteiger partial charge < -0.3 is 4.74 Å². The van der Waals surface area contributed by atoms with Crippen LogP contribution in [0.1, 0.15) is 5.56 Å². The Labute approximate surface area is 161 Å². The summed E-state index contributed by atoms with van der Waals surface area (Å²) < 4.78 is 32.7. The Hall–Kier alpha value is -0.830. The van der Waals surface area contributed by atoms with Gasteiger partial charge in [0.25, 0.3) is 0 Å². The van der Waals surface area contributed by atoms with E-state index in [1.807, 2.05) is 24.3 Å². The van der Waals surface area contributed by atoms with E-state index in [0.717, 1.165) is 29.2 Å². The fourth-order valence-corrected chi connectivity index (χ4v) is 6.33. The number of benzene rings is 1. The number of methoxy groups -OCH3 is 1. The van der Waals surface area contributed by atoms with Gasteiger partial charge in [-0.1, -0.05) is 35.3 Å². The Bertz CT molecular complexity index is 847. The third kappa shape index (κ3) is 4.30. The van der Waals surface area contributed by atoms with Crippen molar-refractivity contribution in [2.45, 2.75) is 11.4 Å². The van der Waals surface area contributed by atoms with Gasteiger partial charge in [0.15, 0.2) is 0 Å². The molecule has 0 spiro atoms. The summed E-state index contributed by atoms with van der Waals surface area (Å²) in [4.78, 5) is 2.33. The normalized spacial score (nSPS) is 16.9. The standard InChI is InChI=1S/C16H18Cl2N2O3S2/c1-23-13-4-2-3-12(9-13)11-19-5-7-20(8-6-19)25(21,22)14-10-15(17)24-16(14)18/h2-4,9-10H,5-8,11H2,1H3. The Morgan fingerprint density at radius 1 is 1.16 bits per heavy atom. The maximum atomic E-state index is 12.7. The molecule has 0 saturated carbocycles. The van der Waals surface area contributed by atoms with Crippen LogP contribution in [0.3, 0.4) is 0 Å². The summed E-state index contributed by atoms with van der Waals surface area (Å²) in [6.07, 6.45) is 0. The second kappa shape index (κ2) is 7.82. The fraction of sp³-hybridized carbons (Fsp3) is 0.375. The van der Waals surface area contributed by atoms with Crippen molar-refractivity contribution in [3.63, 3.8) is 0 Å². The van der Waals surface area contributed by atoms with Crippen LogP contribution in [0.25, 0.3) is 0 Å². The van der Waals surface area contributed by atoms with Crippen molar-refractivity contribution in [1.29, 1.82) is 0 Å². The van der Waals surface area contributed by atoms with Crippen LogP contribution in [0.5, 0.6) is 5.75 Å². The SMILES string of the molecule is COc1cccc(CN2CCN(S(=O)(=O)c3cc(Cl)sc3Cl)CC2)c1. The van der Waals surface area contributed by atoms with Crippen LogP contribution in [0.4, 0.5) is 0 Å². The van der Waals surface area contributed by atoms with E-state index in [0.29, 0.717) is 30.5 Å². The van der Waals surface area contributed by atoms with Crippen molar-refractivity contribution >= 4 is 44.6 Å².